The molecule has 1 heterocycles. The van der Waals surface area contributed by atoms with E-state index in [9.17, 15) is 23.2 Å². The molecule has 0 aliphatic carbocycles. The standard InChI is InChI=1S/C19H13F2N3O3S/c20-13-9-14(21)15(8-12(13)17(22)25)24-18(26)10-3-1-4-11(7-10)23-19(27)16-5-2-6-28-16/h1-9H,(H2,22,25)(H,23,27)(H,24,26). The fraction of sp³-hybridized carbons (Fsp3) is 0. The average Bonchev–Trinajstić information content (AvgIpc) is 3.18. The van der Waals surface area contributed by atoms with E-state index in [1.807, 2.05) is 0 Å². The molecule has 2 aromatic carbocycles. The molecule has 142 valence electrons. The molecule has 0 fully saturated rings. The third kappa shape index (κ3) is 4.21. The van der Waals surface area contributed by atoms with Crippen LogP contribution < -0.4 is 16.4 Å². The maximum atomic E-state index is 13.9. The van der Waals surface area contributed by atoms with Gasteiger partial charge >= 0.3 is 0 Å². The Bertz CT molecular complexity index is 1070. The van der Waals surface area contributed by atoms with Crippen molar-refractivity contribution in [1.29, 1.82) is 0 Å². The van der Waals surface area contributed by atoms with Crippen LogP contribution in [0.4, 0.5) is 20.2 Å². The Balaban J connectivity index is 1.79. The molecule has 0 atom stereocenters. The van der Waals surface area contributed by atoms with Gasteiger partial charge in [-0.05, 0) is 35.7 Å². The minimum Gasteiger partial charge on any atom is -0.366 e. The lowest BCUT2D eigenvalue weighted by Gasteiger charge is -2.10. The van der Waals surface area contributed by atoms with E-state index < -0.39 is 34.7 Å². The summed E-state index contributed by atoms with van der Waals surface area (Å²) < 4.78 is 27.5. The molecular weight excluding hydrogens is 388 g/mol. The molecule has 0 spiro atoms. The number of primary amides is 1. The zero-order chi connectivity index (χ0) is 20.3. The van der Waals surface area contributed by atoms with Gasteiger partial charge in [0.15, 0.2) is 0 Å². The first-order chi connectivity index (χ1) is 13.3. The van der Waals surface area contributed by atoms with Gasteiger partial charge in [0.2, 0.25) is 0 Å². The summed E-state index contributed by atoms with van der Waals surface area (Å²) in [5.74, 6) is -4.32. The SMILES string of the molecule is NC(=O)c1cc(NC(=O)c2cccc(NC(=O)c3cccs3)c2)c(F)cc1F. The number of thiophene rings is 1. The predicted molar refractivity (Wildman–Crippen MR) is 102 cm³/mol. The number of carbonyl (C=O) groups excluding carboxylic acids is 3. The molecule has 0 saturated carbocycles. The van der Waals surface area contributed by atoms with E-state index in [-0.39, 0.29) is 11.5 Å². The van der Waals surface area contributed by atoms with Gasteiger partial charge < -0.3 is 16.4 Å². The zero-order valence-corrected chi connectivity index (χ0v) is 15.0. The minimum atomic E-state index is -1.12. The molecule has 1 aromatic heterocycles. The number of nitrogens with one attached hydrogen (secondary N) is 2. The van der Waals surface area contributed by atoms with E-state index in [1.165, 1.54) is 29.5 Å². The lowest BCUT2D eigenvalue weighted by Crippen LogP contribution is -2.17. The Hall–Kier alpha value is -3.59. The largest absolute Gasteiger partial charge is 0.366 e. The second-order valence-electron chi connectivity index (χ2n) is 5.64. The Morgan fingerprint density at radius 3 is 2.36 bits per heavy atom. The number of rotatable bonds is 5. The quantitative estimate of drug-likeness (QED) is 0.608. The van der Waals surface area contributed by atoms with E-state index in [4.69, 9.17) is 5.73 Å². The summed E-state index contributed by atoms with van der Waals surface area (Å²) in [6.45, 7) is 0. The molecular formula is C19H13F2N3O3S. The fourth-order valence-corrected chi connectivity index (χ4v) is 2.99. The van der Waals surface area contributed by atoms with Gasteiger partial charge in [0.25, 0.3) is 17.7 Å². The fourth-order valence-electron chi connectivity index (χ4n) is 2.37. The summed E-state index contributed by atoms with van der Waals surface area (Å²) in [5.41, 5.74) is 4.57. The van der Waals surface area contributed by atoms with Crippen molar-refractivity contribution in [2.75, 3.05) is 10.6 Å². The van der Waals surface area contributed by atoms with Gasteiger partial charge in [-0.15, -0.1) is 11.3 Å². The molecule has 0 aliphatic heterocycles. The first-order valence-electron chi connectivity index (χ1n) is 7.90. The number of hydrogen-bond donors (Lipinski definition) is 3. The number of benzene rings is 2. The normalized spacial score (nSPS) is 10.4. The van der Waals surface area contributed by atoms with Crippen LogP contribution in [0, 0.1) is 11.6 Å². The van der Waals surface area contributed by atoms with Gasteiger partial charge in [-0.1, -0.05) is 12.1 Å². The van der Waals surface area contributed by atoms with Gasteiger partial charge in [-0.2, -0.15) is 0 Å². The Morgan fingerprint density at radius 1 is 0.893 bits per heavy atom. The van der Waals surface area contributed by atoms with Gasteiger partial charge in [0.1, 0.15) is 11.6 Å². The van der Waals surface area contributed by atoms with Crippen molar-refractivity contribution in [3.63, 3.8) is 0 Å². The first kappa shape index (κ1) is 19.2. The number of hydrogen-bond acceptors (Lipinski definition) is 4. The van der Waals surface area contributed by atoms with Gasteiger partial charge in [0, 0.05) is 17.3 Å². The van der Waals surface area contributed by atoms with Crippen LogP contribution in [-0.2, 0) is 0 Å². The molecule has 3 rings (SSSR count). The van der Waals surface area contributed by atoms with Gasteiger partial charge in [0.05, 0.1) is 16.1 Å². The highest BCUT2D eigenvalue weighted by Gasteiger charge is 2.17. The smallest absolute Gasteiger partial charge is 0.265 e. The summed E-state index contributed by atoms with van der Waals surface area (Å²) in [7, 11) is 0. The molecule has 0 radical (unpaired) electrons. The van der Waals surface area contributed by atoms with Crippen molar-refractivity contribution in [1.82, 2.24) is 0 Å². The molecule has 6 nitrogen and oxygen atoms in total. The van der Waals surface area contributed by atoms with E-state index in [2.05, 4.69) is 10.6 Å². The van der Waals surface area contributed by atoms with Crippen LogP contribution in [0.25, 0.3) is 0 Å². The summed E-state index contributed by atoms with van der Waals surface area (Å²) in [4.78, 5) is 36.2. The Labute approximate surface area is 162 Å². The van der Waals surface area contributed by atoms with Crippen LogP contribution in [-0.4, -0.2) is 17.7 Å². The van der Waals surface area contributed by atoms with E-state index in [1.54, 1.807) is 23.6 Å². The van der Waals surface area contributed by atoms with Gasteiger partial charge in [-0.25, -0.2) is 8.78 Å². The summed E-state index contributed by atoms with van der Waals surface area (Å²) in [6.07, 6.45) is 0. The third-order valence-electron chi connectivity index (χ3n) is 3.70. The number of amides is 3. The van der Waals surface area contributed by atoms with Crippen molar-refractivity contribution in [3.8, 4) is 0 Å². The molecule has 3 aromatic rings. The second-order valence-corrected chi connectivity index (χ2v) is 6.59. The molecule has 28 heavy (non-hydrogen) atoms. The average molecular weight is 401 g/mol. The lowest BCUT2D eigenvalue weighted by molar-refractivity contribution is 0.0991. The van der Waals surface area contributed by atoms with Crippen molar-refractivity contribution in [2.45, 2.75) is 0 Å². The second kappa shape index (κ2) is 7.97. The molecule has 0 aliphatic rings. The number of halogens is 2. The maximum Gasteiger partial charge on any atom is 0.265 e. The van der Waals surface area contributed by atoms with Crippen LogP contribution in [0.15, 0.2) is 53.9 Å². The van der Waals surface area contributed by atoms with Crippen molar-refractivity contribution in [2.24, 2.45) is 5.73 Å². The third-order valence-corrected chi connectivity index (χ3v) is 4.57. The maximum absolute atomic E-state index is 13.9. The number of nitrogens with two attached hydrogens (primary N) is 1. The van der Waals surface area contributed by atoms with E-state index >= 15 is 0 Å². The van der Waals surface area contributed by atoms with Crippen molar-refractivity contribution < 1.29 is 23.2 Å². The van der Waals surface area contributed by atoms with E-state index in [0.717, 1.165) is 6.07 Å². The lowest BCUT2D eigenvalue weighted by atomic mass is 10.1. The summed E-state index contributed by atoms with van der Waals surface area (Å²) in [5, 5.41) is 6.67. The topological polar surface area (TPSA) is 101 Å². The van der Waals surface area contributed by atoms with Gasteiger partial charge in [-0.3, -0.25) is 14.4 Å². The predicted octanol–water partition coefficient (Wildman–Crippen LogP) is 3.63. The number of carbonyl (C=O) groups is 3. The van der Waals surface area contributed by atoms with Crippen LogP contribution in [0.3, 0.4) is 0 Å². The summed E-state index contributed by atoms with van der Waals surface area (Å²) in [6, 6.07) is 10.7. The Morgan fingerprint density at radius 2 is 1.68 bits per heavy atom. The molecule has 0 saturated heterocycles. The first-order valence-corrected chi connectivity index (χ1v) is 8.78. The monoisotopic (exact) mass is 401 g/mol. The number of anilines is 2. The highest BCUT2D eigenvalue weighted by atomic mass is 32.1. The molecule has 0 unspecified atom stereocenters. The van der Waals surface area contributed by atoms with Crippen molar-refractivity contribution >= 4 is 40.4 Å². The molecule has 3 amide bonds. The van der Waals surface area contributed by atoms with Crippen LogP contribution in [0.5, 0.6) is 0 Å². The van der Waals surface area contributed by atoms with E-state index in [0.29, 0.717) is 16.6 Å². The van der Waals surface area contributed by atoms with Crippen molar-refractivity contribution in [3.05, 3.63) is 81.5 Å². The molecule has 9 heteroatoms. The molecule has 0 bridgehead atoms. The van der Waals surface area contributed by atoms with Crippen LogP contribution >= 0.6 is 11.3 Å². The highest BCUT2D eigenvalue weighted by molar-refractivity contribution is 7.12. The van der Waals surface area contributed by atoms with Crippen LogP contribution in [0.2, 0.25) is 0 Å². The minimum absolute atomic E-state index is 0.119. The zero-order valence-electron chi connectivity index (χ0n) is 14.2. The molecule has 4 N–H and O–H groups in total. The summed E-state index contributed by atoms with van der Waals surface area (Å²) >= 11 is 1.27. The Kier molecular flexibility index (Phi) is 5.46. The van der Waals surface area contributed by atoms with Crippen LogP contribution in [0.1, 0.15) is 30.4 Å². The highest BCUT2D eigenvalue weighted by Crippen LogP contribution is 2.21.